The van der Waals surface area contributed by atoms with E-state index in [2.05, 4.69) is 10.3 Å². The molecule has 130 valence electrons. The smallest absolute Gasteiger partial charge is 0.284 e. The number of carboxylic acids is 1. The highest BCUT2D eigenvalue weighted by atomic mass is 32.1. The number of carbonyl (C=O) groups excluding carboxylic acids is 2. The Morgan fingerprint density at radius 2 is 2.21 bits per heavy atom. The van der Waals surface area contributed by atoms with Crippen molar-refractivity contribution in [3.8, 4) is 0 Å². The van der Waals surface area contributed by atoms with Crippen LogP contribution in [0.2, 0.25) is 0 Å². The number of hydrogen-bond acceptors (Lipinski definition) is 6. The Hall–Kier alpha value is -2.19. The first-order valence-electron chi connectivity index (χ1n) is 7.58. The molecule has 2 rings (SSSR count). The van der Waals surface area contributed by atoms with Crippen molar-refractivity contribution in [1.82, 2.24) is 4.98 Å². The highest BCUT2D eigenvalue weighted by molar-refractivity contribution is 7.13. The summed E-state index contributed by atoms with van der Waals surface area (Å²) in [4.78, 5) is 27.7. The zero-order chi connectivity index (χ0) is 17.7. The Balaban J connectivity index is 2.01. The largest absolute Gasteiger partial charge is 0.550 e. The quantitative estimate of drug-likeness (QED) is 0.742. The van der Waals surface area contributed by atoms with E-state index in [9.17, 15) is 14.7 Å². The molecule has 1 atom stereocenters. The minimum Gasteiger partial charge on any atom is -0.550 e. The van der Waals surface area contributed by atoms with Crippen molar-refractivity contribution in [2.75, 3.05) is 5.32 Å². The average Bonchev–Trinajstić information content (AvgIpc) is 3.13. The fourth-order valence-electron chi connectivity index (χ4n) is 2.02. The van der Waals surface area contributed by atoms with Gasteiger partial charge in [-0.15, -0.1) is 11.3 Å². The van der Waals surface area contributed by atoms with E-state index in [0.717, 1.165) is 5.69 Å². The Kier molecular flexibility index (Phi) is 5.74. The molecule has 0 saturated carbocycles. The van der Waals surface area contributed by atoms with Crippen LogP contribution in [-0.4, -0.2) is 22.9 Å². The first kappa shape index (κ1) is 18.2. The van der Waals surface area contributed by atoms with E-state index in [-0.39, 0.29) is 11.8 Å². The van der Waals surface area contributed by atoms with Crippen molar-refractivity contribution < 1.29 is 24.4 Å². The summed E-state index contributed by atoms with van der Waals surface area (Å²) in [6.07, 6.45) is 1.14. The van der Waals surface area contributed by atoms with E-state index in [1.807, 2.05) is 26.2 Å². The van der Waals surface area contributed by atoms with Crippen LogP contribution in [0.4, 0.5) is 5.13 Å². The van der Waals surface area contributed by atoms with Crippen molar-refractivity contribution in [3.05, 3.63) is 35.2 Å². The monoisotopic (exact) mass is 351 g/mol. The van der Waals surface area contributed by atoms with Gasteiger partial charge in [0.25, 0.3) is 5.91 Å². The van der Waals surface area contributed by atoms with Gasteiger partial charge >= 0.3 is 0 Å². The van der Waals surface area contributed by atoms with E-state index < -0.39 is 17.9 Å². The molecule has 0 radical (unpaired) electrons. The molecular formula is C16H21N3O4S. The molecule has 3 N–H and O–H groups in total. The van der Waals surface area contributed by atoms with Crippen LogP contribution >= 0.6 is 11.3 Å². The SMILES string of the molecule is CC(C)(C)c1csc(NC(=O)[C@H](CC(=O)[O-])[NH2+]Cc2ccco2)n1. The molecular weight excluding hydrogens is 330 g/mol. The lowest BCUT2D eigenvalue weighted by Gasteiger charge is -2.15. The molecule has 0 saturated heterocycles. The maximum absolute atomic E-state index is 12.4. The highest BCUT2D eigenvalue weighted by Gasteiger charge is 2.25. The summed E-state index contributed by atoms with van der Waals surface area (Å²) in [5.41, 5.74) is 0.758. The fraction of sp³-hybridized carbons (Fsp3) is 0.438. The predicted molar refractivity (Wildman–Crippen MR) is 87.2 cm³/mol. The van der Waals surface area contributed by atoms with Gasteiger partial charge in [-0.05, 0) is 12.1 Å². The minimum atomic E-state index is -1.28. The van der Waals surface area contributed by atoms with Crippen molar-refractivity contribution in [2.24, 2.45) is 0 Å². The van der Waals surface area contributed by atoms with Crippen molar-refractivity contribution in [1.29, 1.82) is 0 Å². The number of furan rings is 1. The second-order valence-electron chi connectivity index (χ2n) is 6.48. The molecule has 8 heteroatoms. The standard InChI is InChI=1S/C16H21N3O4S/c1-16(2,3)12-9-24-15(18-12)19-14(22)11(7-13(20)21)17-8-10-5-4-6-23-10/h4-6,9,11,17H,7-8H2,1-3H3,(H,20,21)(H,18,19,22)/t11-/m0/s1. The van der Waals surface area contributed by atoms with Gasteiger partial charge in [-0.1, -0.05) is 20.8 Å². The number of rotatable bonds is 7. The molecule has 0 bridgehead atoms. The molecule has 0 unspecified atom stereocenters. The molecule has 0 aromatic carbocycles. The Bertz CT molecular complexity index is 688. The van der Waals surface area contributed by atoms with Crippen LogP contribution < -0.4 is 15.7 Å². The van der Waals surface area contributed by atoms with Gasteiger partial charge in [0.2, 0.25) is 0 Å². The number of quaternary nitrogens is 1. The molecule has 0 fully saturated rings. The molecule has 2 heterocycles. The summed E-state index contributed by atoms with van der Waals surface area (Å²) in [6.45, 7) is 6.46. The number of anilines is 1. The van der Waals surface area contributed by atoms with Crippen LogP contribution in [0.3, 0.4) is 0 Å². The molecule has 0 spiro atoms. The number of thiazole rings is 1. The maximum Gasteiger partial charge on any atom is 0.284 e. The Morgan fingerprint density at radius 3 is 2.75 bits per heavy atom. The third-order valence-corrected chi connectivity index (χ3v) is 4.17. The van der Waals surface area contributed by atoms with E-state index >= 15 is 0 Å². The summed E-state index contributed by atoms with van der Waals surface area (Å²) < 4.78 is 5.19. The molecule has 2 aromatic heterocycles. The van der Waals surface area contributed by atoms with Crippen LogP contribution in [-0.2, 0) is 21.5 Å². The van der Waals surface area contributed by atoms with Gasteiger partial charge in [0.1, 0.15) is 6.54 Å². The number of nitrogens with one attached hydrogen (secondary N) is 1. The minimum absolute atomic E-state index is 0.116. The third-order valence-electron chi connectivity index (χ3n) is 3.41. The molecule has 0 aliphatic carbocycles. The number of amides is 1. The number of carbonyl (C=O) groups is 2. The van der Waals surface area contributed by atoms with Gasteiger partial charge in [0.05, 0.1) is 12.0 Å². The molecule has 7 nitrogen and oxygen atoms in total. The Labute approximate surface area is 144 Å². The molecule has 1 amide bonds. The maximum atomic E-state index is 12.4. The second kappa shape index (κ2) is 7.59. The van der Waals surface area contributed by atoms with Crippen LogP contribution in [0.15, 0.2) is 28.2 Å². The lowest BCUT2D eigenvalue weighted by atomic mass is 9.93. The average molecular weight is 351 g/mol. The Morgan fingerprint density at radius 1 is 1.46 bits per heavy atom. The summed E-state index contributed by atoms with van der Waals surface area (Å²) in [5.74, 6) is -1.03. The number of nitrogens with zero attached hydrogens (tertiary/aromatic N) is 1. The molecule has 0 aliphatic rings. The number of aliphatic carboxylic acids is 1. The van der Waals surface area contributed by atoms with Gasteiger partial charge in [-0.2, -0.15) is 0 Å². The summed E-state index contributed by atoms with van der Waals surface area (Å²) in [7, 11) is 0. The number of carboxylic acid groups (broad SMARTS) is 1. The van der Waals surface area contributed by atoms with Crippen LogP contribution in [0.1, 0.15) is 38.6 Å². The zero-order valence-electron chi connectivity index (χ0n) is 13.9. The van der Waals surface area contributed by atoms with Gasteiger partial charge in [-0.3, -0.25) is 10.1 Å². The number of aromatic nitrogens is 1. The highest BCUT2D eigenvalue weighted by Crippen LogP contribution is 2.26. The normalized spacial score (nSPS) is 12.8. The lowest BCUT2D eigenvalue weighted by Crippen LogP contribution is -2.91. The van der Waals surface area contributed by atoms with Crippen LogP contribution in [0, 0.1) is 0 Å². The van der Waals surface area contributed by atoms with E-state index in [0.29, 0.717) is 17.4 Å². The number of hydrogen-bond donors (Lipinski definition) is 2. The molecule has 0 aliphatic heterocycles. The van der Waals surface area contributed by atoms with Crippen molar-refractivity contribution >= 4 is 28.3 Å². The lowest BCUT2D eigenvalue weighted by molar-refractivity contribution is -0.693. The van der Waals surface area contributed by atoms with Crippen molar-refractivity contribution in [3.63, 3.8) is 0 Å². The van der Waals surface area contributed by atoms with Gasteiger partial charge in [-0.25, -0.2) is 4.98 Å². The fourth-order valence-corrected chi connectivity index (χ4v) is 2.96. The predicted octanol–water partition coefficient (Wildman–Crippen LogP) is 0.244. The van der Waals surface area contributed by atoms with E-state index in [4.69, 9.17) is 4.42 Å². The zero-order valence-corrected chi connectivity index (χ0v) is 14.7. The topological polar surface area (TPSA) is 112 Å². The van der Waals surface area contributed by atoms with Crippen molar-refractivity contribution in [2.45, 2.75) is 45.2 Å². The van der Waals surface area contributed by atoms with Crippen LogP contribution in [0.5, 0.6) is 0 Å². The van der Waals surface area contributed by atoms with E-state index in [1.165, 1.54) is 17.6 Å². The first-order chi connectivity index (χ1) is 11.3. The summed E-state index contributed by atoms with van der Waals surface area (Å²) in [5, 5.41) is 17.6. The summed E-state index contributed by atoms with van der Waals surface area (Å²) in [6, 6.07) is 2.68. The number of nitrogens with two attached hydrogens (primary N) is 1. The van der Waals surface area contributed by atoms with Gasteiger partial charge in [0, 0.05) is 23.2 Å². The third kappa shape index (κ3) is 5.17. The molecule has 2 aromatic rings. The van der Waals surface area contributed by atoms with E-state index in [1.54, 1.807) is 17.4 Å². The first-order valence-corrected chi connectivity index (χ1v) is 8.46. The van der Waals surface area contributed by atoms with Gasteiger partial charge in [0.15, 0.2) is 16.9 Å². The molecule has 24 heavy (non-hydrogen) atoms. The van der Waals surface area contributed by atoms with Crippen LogP contribution in [0.25, 0.3) is 0 Å². The second-order valence-corrected chi connectivity index (χ2v) is 7.34. The summed E-state index contributed by atoms with van der Waals surface area (Å²) >= 11 is 1.32. The van der Waals surface area contributed by atoms with Gasteiger partial charge < -0.3 is 19.6 Å².